The second-order valence-electron chi connectivity index (χ2n) is 6.43. The predicted octanol–water partition coefficient (Wildman–Crippen LogP) is 3.18. The standard InChI is InChI=1S/C16H23NO3S/c1-15(2,12-7-6-10-21-12)13(18)17-11-16(14(19)20)8-4-3-5-9-16/h6-7,10H,3-5,8-9,11H2,1-2H3,(H,17,18)(H,19,20). The summed E-state index contributed by atoms with van der Waals surface area (Å²) >= 11 is 1.55. The first-order valence-corrected chi connectivity index (χ1v) is 8.32. The number of thiophene rings is 1. The van der Waals surface area contributed by atoms with Gasteiger partial charge in [-0.25, -0.2) is 0 Å². The molecule has 1 aliphatic carbocycles. The van der Waals surface area contributed by atoms with Crippen LogP contribution in [0.2, 0.25) is 0 Å². The summed E-state index contributed by atoms with van der Waals surface area (Å²) in [5, 5.41) is 14.4. The molecular weight excluding hydrogens is 286 g/mol. The van der Waals surface area contributed by atoms with Gasteiger partial charge in [0.25, 0.3) is 0 Å². The maximum absolute atomic E-state index is 12.5. The summed E-state index contributed by atoms with van der Waals surface area (Å²) in [7, 11) is 0. The fourth-order valence-electron chi connectivity index (χ4n) is 2.91. The molecule has 0 bridgehead atoms. The smallest absolute Gasteiger partial charge is 0.311 e. The van der Waals surface area contributed by atoms with Gasteiger partial charge in [0.15, 0.2) is 0 Å². The fourth-order valence-corrected chi connectivity index (χ4v) is 3.76. The van der Waals surface area contributed by atoms with Crippen molar-refractivity contribution in [3.05, 3.63) is 22.4 Å². The quantitative estimate of drug-likeness (QED) is 0.878. The van der Waals surface area contributed by atoms with Crippen molar-refractivity contribution in [3.8, 4) is 0 Å². The van der Waals surface area contributed by atoms with Crippen molar-refractivity contribution in [3.63, 3.8) is 0 Å². The third-order valence-corrected chi connectivity index (χ3v) is 5.75. The molecule has 0 saturated heterocycles. The van der Waals surface area contributed by atoms with Gasteiger partial charge in [0.1, 0.15) is 0 Å². The Morgan fingerprint density at radius 2 is 2.00 bits per heavy atom. The molecule has 1 aliphatic rings. The van der Waals surface area contributed by atoms with Gasteiger partial charge in [0.2, 0.25) is 5.91 Å². The SMILES string of the molecule is CC(C)(C(=O)NCC1(C(=O)O)CCCCC1)c1cccs1. The minimum absolute atomic E-state index is 0.101. The number of nitrogens with one attached hydrogen (secondary N) is 1. The highest BCUT2D eigenvalue weighted by Crippen LogP contribution is 2.36. The van der Waals surface area contributed by atoms with Gasteiger partial charge >= 0.3 is 5.97 Å². The molecule has 1 heterocycles. The van der Waals surface area contributed by atoms with E-state index in [-0.39, 0.29) is 12.5 Å². The lowest BCUT2D eigenvalue weighted by molar-refractivity contribution is -0.151. The average Bonchev–Trinajstić information content (AvgIpc) is 3.00. The zero-order chi connectivity index (χ0) is 15.5. The van der Waals surface area contributed by atoms with Crippen LogP contribution < -0.4 is 5.32 Å². The Morgan fingerprint density at radius 3 is 2.52 bits per heavy atom. The molecule has 2 rings (SSSR count). The van der Waals surface area contributed by atoms with Crippen molar-refractivity contribution in [1.29, 1.82) is 0 Å². The van der Waals surface area contributed by atoms with Crippen LogP contribution >= 0.6 is 11.3 Å². The van der Waals surface area contributed by atoms with Gasteiger partial charge in [-0.1, -0.05) is 25.3 Å². The molecule has 1 fully saturated rings. The molecule has 0 radical (unpaired) electrons. The fraction of sp³-hybridized carbons (Fsp3) is 0.625. The van der Waals surface area contributed by atoms with Gasteiger partial charge in [0, 0.05) is 11.4 Å². The maximum atomic E-state index is 12.5. The molecule has 116 valence electrons. The topological polar surface area (TPSA) is 66.4 Å². The highest BCUT2D eigenvalue weighted by atomic mass is 32.1. The van der Waals surface area contributed by atoms with E-state index in [1.165, 1.54) is 0 Å². The summed E-state index contributed by atoms with van der Waals surface area (Å²) in [5.41, 5.74) is -1.40. The van der Waals surface area contributed by atoms with E-state index in [0.717, 1.165) is 24.1 Å². The zero-order valence-electron chi connectivity index (χ0n) is 12.6. The van der Waals surface area contributed by atoms with Gasteiger partial charge in [0.05, 0.1) is 10.8 Å². The monoisotopic (exact) mass is 309 g/mol. The second-order valence-corrected chi connectivity index (χ2v) is 7.38. The minimum Gasteiger partial charge on any atom is -0.481 e. The van der Waals surface area contributed by atoms with Crippen molar-refractivity contribution < 1.29 is 14.7 Å². The normalized spacial score (nSPS) is 18.2. The van der Waals surface area contributed by atoms with Crippen molar-refractivity contribution in [2.24, 2.45) is 5.41 Å². The number of carboxylic acids is 1. The van der Waals surface area contributed by atoms with E-state index in [2.05, 4.69) is 5.32 Å². The van der Waals surface area contributed by atoms with Gasteiger partial charge in [-0.05, 0) is 38.1 Å². The van der Waals surface area contributed by atoms with Gasteiger partial charge in [-0.3, -0.25) is 9.59 Å². The van der Waals surface area contributed by atoms with E-state index in [9.17, 15) is 14.7 Å². The molecule has 0 aromatic carbocycles. The Balaban J connectivity index is 2.04. The first-order valence-electron chi connectivity index (χ1n) is 7.44. The van der Waals surface area contributed by atoms with Crippen molar-refractivity contribution in [2.75, 3.05) is 6.54 Å². The van der Waals surface area contributed by atoms with Crippen LogP contribution in [0, 0.1) is 5.41 Å². The Morgan fingerprint density at radius 1 is 1.33 bits per heavy atom. The molecule has 5 heteroatoms. The third-order valence-electron chi connectivity index (χ3n) is 4.56. The van der Waals surface area contributed by atoms with Crippen LogP contribution in [0.15, 0.2) is 17.5 Å². The van der Waals surface area contributed by atoms with Gasteiger partial charge in [-0.2, -0.15) is 0 Å². The number of aliphatic carboxylic acids is 1. The van der Waals surface area contributed by atoms with Crippen LogP contribution in [0.5, 0.6) is 0 Å². The van der Waals surface area contributed by atoms with Crippen LogP contribution in [-0.4, -0.2) is 23.5 Å². The molecule has 0 aliphatic heterocycles. The first kappa shape index (κ1) is 16.0. The predicted molar refractivity (Wildman–Crippen MR) is 83.5 cm³/mol. The summed E-state index contributed by atoms with van der Waals surface area (Å²) in [5.74, 6) is -0.882. The molecule has 4 nitrogen and oxygen atoms in total. The number of amides is 1. The number of carboxylic acid groups (broad SMARTS) is 1. The summed E-state index contributed by atoms with van der Waals surface area (Å²) in [6, 6.07) is 3.87. The first-order chi connectivity index (χ1) is 9.88. The summed E-state index contributed by atoms with van der Waals surface area (Å²) in [6.07, 6.45) is 4.25. The summed E-state index contributed by atoms with van der Waals surface area (Å²) in [4.78, 5) is 25.1. The second kappa shape index (κ2) is 6.18. The molecule has 1 aromatic heterocycles. The van der Waals surface area contributed by atoms with Crippen LogP contribution in [0.4, 0.5) is 0 Å². The number of rotatable bonds is 5. The van der Waals surface area contributed by atoms with Crippen LogP contribution in [0.1, 0.15) is 50.8 Å². The van der Waals surface area contributed by atoms with E-state index < -0.39 is 16.8 Å². The molecule has 1 amide bonds. The Kier molecular flexibility index (Phi) is 4.71. The molecule has 0 spiro atoms. The molecule has 21 heavy (non-hydrogen) atoms. The maximum Gasteiger partial charge on any atom is 0.311 e. The highest BCUT2D eigenvalue weighted by molar-refractivity contribution is 7.10. The largest absolute Gasteiger partial charge is 0.481 e. The molecule has 1 saturated carbocycles. The van der Waals surface area contributed by atoms with E-state index in [1.54, 1.807) is 11.3 Å². The van der Waals surface area contributed by atoms with E-state index in [4.69, 9.17) is 0 Å². The van der Waals surface area contributed by atoms with Gasteiger partial charge in [-0.15, -0.1) is 11.3 Å². The molecule has 1 aromatic rings. The number of carbonyl (C=O) groups excluding carboxylic acids is 1. The zero-order valence-corrected chi connectivity index (χ0v) is 13.5. The lowest BCUT2D eigenvalue weighted by Gasteiger charge is -2.34. The van der Waals surface area contributed by atoms with Crippen molar-refractivity contribution in [2.45, 2.75) is 51.4 Å². The Hall–Kier alpha value is -1.36. The summed E-state index contributed by atoms with van der Waals surface area (Å²) in [6.45, 7) is 3.99. The Labute approximate surface area is 129 Å². The Bertz CT molecular complexity index is 502. The lowest BCUT2D eigenvalue weighted by Crippen LogP contribution is -2.48. The van der Waals surface area contributed by atoms with E-state index in [1.807, 2.05) is 31.4 Å². The third kappa shape index (κ3) is 3.28. The van der Waals surface area contributed by atoms with Gasteiger partial charge < -0.3 is 10.4 Å². The summed E-state index contributed by atoms with van der Waals surface area (Å²) < 4.78 is 0. The minimum atomic E-state index is -0.781. The van der Waals surface area contributed by atoms with Crippen LogP contribution in [-0.2, 0) is 15.0 Å². The molecule has 0 atom stereocenters. The van der Waals surface area contributed by atoms with E-state index in [0.29, 0.717) is 12.8 Å². The van der Waals surface area contributed by atoms with Crippen molar-refractivity contribution >= 4 is 23.2 Å². The molecule has 0 unspecified atom stereocenters. The number of hydrogen-bond donors (Lipinski definition) is 2. The molecular formula is C16H23NO3S. The lowest BCUT2D eigenvalue weighted by atomic mass is 9.74. The van der Waals surface area contributed by atoms with Crippen LogP contribution in [0.25, 0.3) is 0 Å². The number of hydrogen-bond acceptors (Lipinski definition) is 3. The van der Waals surface area contributed by atoms with Crippen molar-refractivity contribution in [1.82, 2.24) is 5.32 Å². The number of carbonyl (C=O) groups is 2. The highest BCUT2D eigenvalue weighted by Gasteiger charge is 2.41. The van der Waals surface area contributed by atoms with E-state index >= 15 is 0 Å². The van der Waals surface area contributed by atoms with Crippen LogP contribution in [0.3, 0.4) is 0 Å². The molecule has 2 N–H and O–H groups in total. The average molecular weight is 309 g/mol.